The Morgan fingerprint density at radius 3 is 1.68 bits per heavy atom. The van der Waals surface area contributed by atoms with Gasteiger partial charge in [-0.2, -0.15) is 26.3 Å². The standard InChI is InChI=1S/C16H18F6N2O/c1-13(23,12(25)24(2)3)14(4-5-14)9-6-10(15(17,18)19)8-11(7-9)16(20,21)22/h6-8H,4-5,23H2,1-3H3. The van der Waals surface area contributed by atoms with Crippen LogP contribution in [-0.2, 0) is 22.6 Å². The highest BCUT2D eigenvalue weighted by Crippen LogP contribution is 2.56. The predicted octanol–water partition coefficient (Wildman–Crippen LogP) is 3.56. The van der Waals surface area contributed by atoms with Gasteiger partial charge < -0.3 is 10.6 Å². The third-order valence-corrected chi connectivity index (χ3v) is 4.73. The lowest BCUT2D eigenvalue weighted by molar-refractivity contribution is -0.143. The molecular formula is C16H18F6N2O. The van der Waals surface area contributed by atoms with Crippen LogP contribution in [0.1, 0.15) is 36.5 Å². The summed E-state index contributed by atoms with van der Waals surface area (Å²) in [4.78, 5) is 13.5. The molecule has 0 heterocycles. The third-order valence-electron chi connectivity index (χ3n) is 4.73. The van der Waals surface area contributed by atoms with E-state index in [1.54, 1.807) is 0 Å². The minimum absolute atomic E-state index is 0.0706. The van der Waals surface area contributed by atoms with Crippen molar-refractivity contribution in [2.45, 2.75) is 43.1 Å². The van der Waals surface area contributed by atoms with E-state index in [2.05, 4.69) is 0 Å². The highest BCUT2D eigenvalue weighted by molar-refractivity contribution is 5.88. The Balaban J connectivity index is 2.64. The van der Waals surface area contributed by atoms with Gasteiger partial charge in [-0.15, -0.1) is 0 Å². The average molecular weight is 368 g/mol. The summed E-state index contributed by atoms with van der Waals surface area (Å²) in [7, 11) is 2.85. The van der Waals surface area contributed by atoms with Crippen LogP contribution < -0.4 is 5.73 Å². The first-order chi connectivity index (χ1) is 11.1. The fraction of sp³-hybridized carbons (Fsp3) is 0.562. The zero-order chi connectivity index (χ0) is 19.4. The number of halogens is 6. The molecule has 0 radical (unpaired) electrons. The lowest BCUT2D eigenvalue weighted by Gasteiger charge is -2.36. The molecule has 2 N–H and O–H groups in total. The molecule has 140 valence electrons. The molecule has 0 saturated heterocycles. The van der Waals surface area contributed by atoms with Gasteiger partial charge in [-0.1, -0.05) is 0 Å². The molecule has 1 atom stereocenters. The zero-order valence-corrected chi connectivity index (χ0v) is 13.8. The number of hydrogen-bond donors (Lipinski definition) is 1. The molecule has 1 aliphatic carbocycles. The molecule has 3 nitrogen and oxygen atoms in total. The highest BCUT2D eigenvalue weighted by atomic mass is 19.4. The molecule has 1 aliphatic rings. The van der Waals surface area contributed by atoms with E-state index in [1.165, 1.54) is 25.9 Å². The maximum atomic E-state index is 13.1. The first kappa shape index (κ1) is 19.6. The second kappa shape index (κ2) is 5.62. The van der Waals surface area contributed by atoms with Gasteiger partial charge in [0.2, 0.25) is 5.91 Å². The summed E-state index contributed by atoms with van der Waals surface area (Å²) in [5.74, 6) is -0.559. The van der Waals surface area contributed by atoms with E-state index in [4.69, 9.17) is 5.73 Å². The molecule has 9 heteroatoms. The zero-order valence-electron chi connectivity index (χ0n) is 13.8. The number of carbonyl (C=O) groups is 1. The van der Waals surface area contributed by atoms with Crippen molar-refractivity contribution < 1.29 is 31.1 Å². The maximum absolute atomic E-state index is 13.1. The molecule has 1 aromatic rings. The number of nitrogens with zero attached hydrogens (tertiary/aromatic N) is 1. The van der Waals surface area contributed by atoms with Crippen molar-refractivity contribution in [2.24, 2.45) is 5.73 Å². The van der Waals surface area contributed by atoms with Crippen molar-refractivity contribution in [3.8, 4) is 0 Å². The molecular weight excluding hydrogens is 350 g/mol. The predicted molar refractivity (Wildman–Crippen MR) is 78.6 cm³/mol. The van der Waals surface area contributed by atoms with E-state index in [1.807, 2.05) is 0 Å². The second-order valence-corrected chi connectivity index (χ2v) is 6.78. The molecule has 0 aromatic heterocycles. The largest absolute Gasteiger partial charge is 0.416 e. The molecule has 0 bridgehead atoms. The molecule has 1 fully saturated rings. The first-order valence-corrected chi connectivity index (χ1v) is 7.43. The van der Waals surface area contributed by atoms with Crippen LogP contribution in [0.4, 0.5) is 26.3 Å². The number of likely N-dealkylation sites (N-methyl/N-ethyl adjacent to an activating group) is 1. The van der Waals surface area contributed by atoms with E-state index in [-0.39, 0.29) is 24.5 Å². The number of nitrogens with two attached hydrogens (primary N) is 1. The first-order valence-electron chi connectivity index (χ1n) is 7.43. The van der Waals surface area contributed by atoms with Gasteiger partial charge in [-0.05, 0) is 43.5 Å². The van der Waals surface area contributed by atoms with Gasteiger partial charge in [0.25, 0.3) is 0 Å². The van der Waals surface area contributed by atoms with Crippen LogP contribution >= 0.6 is 0 Å². The van der Waals surface area contributed by atoms with Crippen molar-refractivity contribution in [3.05, 3.63) is 34.9 Å². The van der Waals surface area contributed by atoms with E-state index < -0.39 is 40.3 Å². The Morgan fingerprint density at radius 2 is 1.40 bits per heavy atom. The van der Waals surface area contributed by atoms with Crippen molar-refractivity contribution >= 4 is 5.91 Å². The topological polar surface area (TPSA) is 46.3 Å². The number of benzene rings is 1. The number of carbonyl (C=O) groups excluding carboxylic acids is 1. The van der Waals surface area contributed by atoms with Crippen LogP contribution in [0.5, 0.6) is 0 Å². The summed E-state index contributed by atoms with van der Waals surface area (Å²) >= 11 is 0. The van der Waals surface area contributed by atoms with Gasteiger partial charge in [0.05, 0.1) is 11.1 Å². The van der Waals surface area contributed by atoms with E-state index >= 15 is 0 Å². The summed E-state index contributed by atoms with van der Waals surface area (Å²) in [5.41, 5.74) is 0.198. The molecule has 0 aliphatic heterocycles. The number of hydrogen-bond acceptors (Lipinski definition) is 2. The summed E-state index contributed by atoms with van der Waals surface area (Å²) in [6, 6.07) is 1.40. The Labute approximate surface area is 140 Å². The third kappa shape index (κ3) is 3.33. The van der Waals surface area contributed by atoms with Crippen LogP contribution in [0, 0.1) is 0 Å². The molecule has 1 aromatic carbocycles. The second-order valence-electron chi connectivity index (χ2n) is 6.78. The van der Waals surface area contributed by atoms with E-state index in [0.29, 0.717) is 12.1 Å². The van der Waals surface area contributed by atoms with Crippen LogP contribution in [0.15, 0.2) is 18.2 Å². The Bertz CT molecular complexity index is 655. The summed E-state index contributed by atoms with van der Waals surface area (Å²) in [6.45, 7) is 1.34. The average Bonchev–Trinajstić information content (AvgIpc) is 3.26. The quantitative estimate of drug-likeness (QED) is 0.830. The van der Waals surface area contributed by atoms with Crippen molar-refractivity contribution in [2.75, 3.05) is 14.1 Å². The Morgan fingerprint density at radius 1 is 1.00 bits per heavy atom. The van der Waals surface area contributed by atoms with Crippen LogP contribution in [0.2, 0.25) is 0 Å². The fourth-order valence-corrected chi connectivity index (χ4v) is 3.13. The van der Waals surface area contributed by atoms with Gasteiger partial charge in [0.1, 0.15) is 5.54 Å². The van der Waals surface area contributed by atoms with Gasteiger partial charge in [0, 0.05) is 19.5 Å². The summed E-state index contributed by atoms with van der Waals surface area (Å²) in [6.07, 6.45) is -9.42. The van der Waals surface area contributed by atoms with Gasteiger partial charge >= 0.3 is 12.4 Å². The molecule has 0 spiro atoms. The fourth-order valence-electron chi connectivity index (χ4n) is 3.13. The van der Waals surface area contributed by atoms with E-state index in [9.17, 15) is 31.1 Å². The number of amides is 1. The molecule has 1 amide bonds. The van der Waals surface area contributed by atoms with Gasteiger partial charge in [-0.3, -0.25) is 4.79 Å². The smallest absolute Gasteiger partial charge is 0.347 e. The summed E-state index contributed by atoms with van der Waals surface area (Å²) < 4.78 is 78.3. The summed E-state index contributed by atoms with van der Waals surface area (Å²) in [5, 5.41) is 0. The number of rotatable bonds is 3. The van der Waals surface area contributed by atoms with Gasteiger partial charge in [0.15, 0.2) is 0 Å². The van der Waals surface area contributed by atoms with E-state index in [0.717, 1.165) is 0 Å². The number of alkyl halides is 6. The molecule has 25 heavy (non-hydrogen) atoms. The molecule has 2 rings (SSSR count). The van der Waals surface area contributed by atoms with Gasteiger partial charge in [-0.25, -0.2) is 0 Å². The SMILES string of the molecule is CN(C)C(=O)C(C)(N)C1(c2cc(C(F)(F)F)cc(C(F)(F)F)c2)CC1. The lowest BCUT2D eigenvalue weighted by Crippen LogP contribution is -2.59. The van der Waals surface area contributed by atoms with Crippen LogP contribution in [-0.4, -0.2) is 30.4 Å². The monoisotopic (exact) mass is 368 g/mol. The molecule has 1 unspecified atom stereocenters. The normalized spacial score (nSPS) is 19.3. The maximum Gasteiger partial charge on any atom is 0.416 e. The molecule has 1 saturated carbocycles. The Hall–Kier alpha value is -1.77. The minimum atomic E-state index is -4.94. The lowest BCUT2D eigenvalue weighted by atomic mass is 9.76. The minimum Gasteiger partial charge on any atom is -0.347 e. The van der Waals surface area contributed by atoms with Crippen LogP contribution in [0.3, 0.4) is 0 Å². The van der Waals surface area contributed by atoms with Crippen molar-refractivity contribution in [1.82, 2.24) is 4.90 Å². The Kier molecular flexibility index (Phi) is 4.39. The van der Waals surface area contributed by atoms with Crippen molar-refractivity contribution in [3.63, 3.8) is 0 Å². The van der Waals surface area contributed by atoms with Crippen LogP contribution in [0.25, 0.3) is 0 Å². The van der Waals surface area contributed by atoms with Crippen molar-refractivity contribution in [1.29, 1.82) is 0 Å². The highest BCUT2D eigenvalue weighted by Gasteiger charge is 2.60.